The summed E-state index contributed by atoms with van der Waals surface area (Å²) in [7, 11) is -3.44. The van der Waals surface area contributed by atoms with E-state index >= 15 is 0 Å². The van der Waals surface area contributed by atoms with E-state index in [-0.39, 0.29) is 4.90 Å². The highest BCUT2D eigenvalue weighted by Gasteiger charge is 2.16. The minimum atomic E-state index is -3.44. The van der Waals surface area contributed by atoms with Crippen LogP contribution in [0, 0.1) is 6.92 Å². The van der Waals surface area contributed by atoms with Gasteiger partial charge < -0.3 is 10.6 Å². The molecule has 0 spiro atoms. The van der Waals surface area contributed by atoms with Crippen molar-refractivity contribution in [2.75, 3.05) is 43.4 Å². The molecule has 1 heterocycles. The lowest BCUT2D eigenvalue weighted by molar-refractivity contribution is 0.307. The summed E-state index contributed by atoms with van der Waals surface area (Å²) in [5, 5.41) is 0. The van der Waals surface area contributed by atoms with Crippen molar-refractivity contribution in [1.29, 1.82) is 0 Å². The highest BCUT2D eigenvalue weighted by Crippen LogP contribution is 2.16. The third kappa shape index (κ3) is 4.12. The highest BCUT2D eigenvalue weighted by atomic mass is 32.2. The van der Waals surface area contributed by atoms with Gasteiger partial charge in [0.15, 0.2) is 0 Å². The first-order valence-electron chi connectivity index (χ1n) is 6.65. The molecule has 3 N–H and O–H groups in total. The molecule has 0 aliphatic carbocycles. The van der Waals surface area contributed by atoms with Gasteiger partial charge in [-0.25, -0.2) is 13.1 Å². The Morgan fingerprint density at radius 1 is 1.35 bits per heavy atom. The van der Waals surface area contributed by atoms with Gasteiger partial charge in [0.25, 0.3) is 0 Å². The Bertz CT molecular complexity index is 555. The number of aryl methyl sites for hydroxylation is 1. The lowest BCUT2D eigenvalue weighted by atomic mass is 10.2. The van der Waals surface area contributed by atoms with Crippen molar-refractivity contribution >= 4 is 27.5 Å². The number of nitrogen functional groups attached to an aromatic ring is 1. The zero-order valence-corrected chi connectivity index (χ0v) is 13.3. The molecule has 1 saturated heterocycles. The molecular formula is C13H21N3O2S2. The molecule has 0 unspecified atom stereocenters. The summed E-state index contributed by atoms with van der Waals surface area (Å²) >= 11 is 1.95. The molecule has 2 rings (SSSR count). The first-order valence-corrected chi connectivity index (χ1v) is 9.29. The molecule has 7 heteroatoms. The topological polar surface area (TPSA) is 75.4 Å². The van der Waals surface area contributed by atoms with E-state index in [0.717, 1.165) is 36.7 Å². The van der Waals surface area contributed by atoms with Crippen LogP contribution in [0.3, 0.4) is 0 Å². The Morgan fingerprint density at radius 2 is 2.05 bits per heavy atom. The molecule has 0 saturated carbocycles. The minimum Gasteiger partial charge on any atom is -0.399 e. The fourth-order valence-electron chi connectivity index (χ4n) is 2.06. The van der Waals surface area contributed by atoms with Crippen molar-refractivity contribution in [2.24, 2.45) is 0 Å². The van der Waals surface area contributed by atoms with Crippen LogP contribution in [0.15, 0.2) is 23.1 Å². The van der Waals surface area contributed by atoms with Crippen LogP contribution in [0.25, 0.3) is 0 Å². The Kier molecular flexibility index (Phi) is 5.31. The molecule has 1 fully saturated rings. The fraction of sp³-hybridized carbons (Fsp3) is 0.538. The lowest BCUT2D eigenvalue weighted by Crippen LogP contribution is -2.39. The number of nitrogens with zero attached hydrogens (tertiary/aromatic N) is 1. The Balaban J connectivity index is 1.91. The molecule has 0 aromatic heterocycles. The van der Waals surface area contributed by atoms with Gasteiger partial charge in [0.1, 0.15) is 0 Å². The lowest BCUT2D eigenvalue weighted by Gasteiger charge is -2.25. The molecule has 20 heavy (non-hydrogen) atoms. The maximum absolute atomic E-state index is 12.2. The molecule has 1 aromatic carbocycles. The number of nitrogens with one attached hydrogen (secondary N) is 1. The number of benzene rings is 1. The van der Waals surface area contributed by atoms with Crippen molar-refractivity contribution in [2.45, 2.75) is 11.8 Å². The quantitative estimate of drug-likeness (QED) is 0.790. The van der Waals surface area contributed by atoms with Crippen molar-refractivity contribution in [3.63, 3.8) is 0 Å². The number of sulfonamides is 1. The van der Waals surface area contributed by atoms with E-state index in [4.69, 9.17) is 5.73 Å². The third-order valence-electron chi connectivity index (χ3n) is 3.38. The average Bonchev–Trinajstić information content (AvgIpc) is 2.43. The largest absolute Gasteiger partial charge is 0.399 e. The second-order valence-corrected chi connectivity index (χ2v) is 7.86. The van der Waals surface area contributed by atoms with E-state index in [1.165, 1.54) is 0 Å². The van der Waals surface area contributed by atoms with Crippen LogP contribution in [-0.4, -0.2) is 51.0 Å². The van der Waals surface area contributed by atoms with Gasteiger partial charge in [-0.1, -0.05) is 0 Å². The summed E-state index contributed by atoms with van der Waals surface area (Å²) in [6.45, 7) is 5.07. The van der Waals surface area contributed by atoms with Crippen LogP contribution in [0.2, 0.25) is 0 Å². The molecule has 112 valence electrons. The van der Waals surface area contributed by atoms with Crippen molar-refractivity contribution in [1.82, 2.24) is 9.62 Å². The van der Waals surface area contributed by atoms with Crippen LogP contribution in [-0.2, 0) is 10.0 Å². The van der Waals surface area contributed by atoms with Gasteiger partial charge >= 0.3 is 0 Å². The predicted octanol–water partition coefficient (Wildman–Crippen LogP) is 0.904. The van der Waals surface area contributed by atoms with Gasteiger partial charge in [0, 0.05) is 43.4 Å². The van der Waals surface area contributed by atoms with Crippen LogP contribution in [0.4, 0.5) is 5.69 Å². The number of nitrogens with two attached hydrogens (primary N) is 1. The summed E-state index contributed by atoms with van der Waals surface area (Å²) in [5.74, 6) is 2.26. The second kappa shape index (κ2) is 6.80. The fourth-order valence-corrected chi connectivity index (χ4v) is 4.15. The van der Waals surface area contributed by atoms with Crippen LogP contribution >= 0.6 is 11.8 Å². The second-order valence-electron chi connectivity index (χ2n) is 4.87. The van der Waals surface area contributed by atoms with Crippen molar-refractivity contribution in [3.8, 4) is 0 Å². The first-order chi connectivity index (χ1) is 9.49. The van der Waals surface area contributed by atoms with Gasteiger partial charge in [-0.05, 0) is 30.7 Å². The Morgan fingerprint density at radius 3 is 2.70 bits per heavy atom. The molecule has 1 aliphatic heterocycles. The molecule has 0 radical (unpaired) electrons. The number of hydrogen-bond donors (Lipinski definition) is 2. The van der Waals surface area contributed by atoms with E-state index in [1.54, 1.807) is 25.1 Å². The third-order valence-corrected chi connectivity index (χ3v) is 5.78. The summed E-state index contributed by atoms with van der Waals surface area (Å²) in [6, 6.07) is 4.78. The predicted molar refractivity (Wildman–Crippen MR) is 84.5 cm³/mol. The van der Waals surface area contributed by atoms with Crippen molar-refractivity contribution in [3.05, 3.63) is 23.8 Å². The number of rotatable bonds is 5. The summed E-state index contributed by atoms with van der Waals surface area (Å²) in [6.07, 6.45) is 0. The summed E-state index contributed by atoms with van der Waals surface area (Å²) in [5.41, 5.74) is 7.09. The van der Waals surface area contributed by atoms with Crippen LogP contribution < -0.4 is 10.5 Å². The van der Waals surface area contributed by atoms with E-state index in [1.807, 2.05) is 11.8 Å². The van der Waals surface area contributed by atoms with Gasteiger partial charge in [0.05, 0.1) is 4.90 Å². The number of thioether (sulfide) groups is 1. The normalized spacial score (nSPS) is 17.2. The zero-order valence-electron chi connectivity index (χ0n) is 11.6. The van der Waals surface area contributed by atoms with Crippen LogP contribution in [0.5, 0.6) is 0 Å². The molecule has 0 amide bonds. The van der Waals surface area contributed by atoms with E-state index in [0.29, 0.717) is 12.2 Å². The SMILES string of the molecule is Cc1cc(S(=O)(=O)NCCN2CCSCC2)ccc1N. The maximum atomic E-state index is 12.2. The minimum absolute atomic E-state index is 0.276. The average molecular weight is 315 g/mol. The summed E-state index contributed by atoms with van der Waals surface area (Å²) < 4.78 is 27.0. The van der Waals surface area contributed by atoms with E-state index in [9.17, 15) is 8.42 Å². The molecule has 1 aliphatic rings. The number of hydrogen-bond acceptors (Lipinski definition) is 5. The van der Waals surface area contributed by atoms with E-state index < -0.39 is 10.0 Å². The van der Waals surface area contributed by atoms with Gasteiger partial charge in [-0.2, -0.15) is 11.8 Å². The summed E-state index contributed by atoms with van der Waals surface area (Å²) in [4.78, 5) is 2.56. The van der Waals surface area contributed by atoms with Crippen molar-refractivity contribution < 1.29 is 8.42 Å². The molecule has 0 bridgehead atoms. The zero-order chi connectivity index (χ0) is 14.6. The van der Waals surface area contributed by atoms with Gasteiger partial charge in [0.2, 0.25) is 10.0 Å². The number of anilines is 1. The molecule has 5 nitrogen and oxygen atoms in total. The van der Waals surface area contributed by atoms with Gasteiger partial charge in [-0.15, -0.1) is 0 Å². The maximum Gasteiger partial charge on any atom is 0.240 e. The molecule has 1 aromatic rings. The highest BCUT2D eigenvalue weighted by molar-refractivity contribution is 7.99. The Labute approximate surface area is 125 Å². The standard InChI is InChI=1S/C13H21N3O2S2/c1-11-10-12(2-3-13(11)14)20(17,18)15-4-5-16-6-8-19-9-7-16/h2-3,10,15H,4-9,14H2,1H3. The first kappa shape index (κ1) is 15.6. The Hall–Kier alpha value is -0.760. The smallest absolute Gasteiger partial charge is 0.240 e. The monoisotopic (exact) mass is 315 g/mol. The van der Waals surface area contributed by atoms with Crippen LogP contribution in [0.1, 0.15) is 5.56 Å². The van der Waals surface area contributed by atoms with Gasteiger partial charge in [-0.3, -0.25) is 0 Å². The molecule has 0 atom stereocenters. The molecular weight excluding hydrogens is 294 g/mol. The van der Waals surface area contributed by atoms with E-state index in [2.05, 4.69) is 9.62 Å².